The van der Waals surface area contributed by atoms with Crippen molar-refractivity contribution >= 4 is 44.2 Å². The van der Waals surface area contributed by atoms with Crippen molar-refractivity contribution in [3.8, 4) is 0 Å². The zero-order chi connectivity index (χ0) is 26.3. The van der Waals surface area contributed by atoms with Gasteiger partial charge in [-0.05, 0) is 56.2 Å². The standard InChI is InChI=1S/C27H32N8O2S/c1-19-17-33(15-13-28-19)23-7-5-22(6-8-23)31-27-30-16-20-11-14-34(26(20)32-27)18-21-4-3-12-29-25(21)35(24-9-10-24)38(2,36)37/h3-8,11-12,14,16,19,24,28H,9-10,13,15,17-18H2,1-2H3,(H,30,31,32). The molecule has 4 aromatic rings. The zero-order valence-electron chi connectivity index (χ0n) is 21.6. The number of fused-ring (bicyclic) bond motifs is 1. The fourth-order valence-corrected chi connectivity index (χ4v) is 6.29. The highest BCUT2D eigenvalue weighted by molar-refractivity contribution is 7.92. The van der Waals surface area contributed by atoms with E-state index in [4.69, 9.17) is 4.98 Å². The summed E-state index contributed by atoms with van der Waals surface area (Å²) >= 11 is 0. The van der Waals surface area contributed by atoms with Crippen molar-refractivity contribution in [2.45, 2.75) is 38.4 Å². The number of nitrogens with one attached hydrogen (secondary N) is 2. The minimum atomic E-state index is -3.43. The van der Waals surface area contributed by atoms with Gasteiger partial charge in [0.2, 0.25) is 16.0 Å². The van der Waals surface area contributed by atoms with Gasteiger partial charge in [-0.25, -0.2) is 18.4 Å². The van der Waals surface area contributed by atoms with Gasteiger partial charge in [-0.15, -0.1) is 0 Å². The second-order valence-electron chi connectivity index (χ2n) is 10.2. The van der Waals surface area contributed by atoms with Crippen LogP contribution in [0, 0.1) is 0 Å². The first-order valence-corrected chi connectivity index (χ1v) is 14.8. The number of sulfonamides is 1. The van der Waals surface area contributed by atoms with Gasteiger partial charge in [0.1, 0.15) is 11.5 Å². The Morgan fingerprint density at radius 3 is 2.68 bits per heavy atom. The molecule has 198 valence electrons. The Morgan fingerprint density at radius 1 is 1.13 bits per heavy atom. The van der Waals surface area contributed by atoms with Crippen LogP contribution in [0.3, 0.4) is 0 Å². The summed E-state index contributed by atoms with van der Waals surface area (Å²) in [7, 11) is -3.43. The van der Waals surface area contributed by atoms with Crippen molar-refractivity contribution in [1.82, 2.24) is 24.8 Å². The summed E-state index contributed by atoms with van der Waals surface area (Å²) in [6.07, 6.45) is 8.35. The minimum Gasteiger partial charge on any atom is -0.369 e. The molecule has 0 bridgehead atoms. The van der Waals surface area contributed by atoms with E-state index in [1.807, 2.05) is 41.1 Å². The molecule has 6 rings (SSSR count). The maximum Gasteiger partial charge on any atom is 0.233 e. The normalized spacial score (nSPS) is 18.1. The molecule has 1 aliphatic heterocycles. The highest BCUT2D eigenvalue weighted by atomic mass is 32.2. The molecule has 0 radical (unpaired) electrons. The minimum absolute atomic E-state index is 0.0143. The lowest BCUT2D eigenvalue weighted by Gasteiger charge is -2.33. The van der Waals surface area contributed by atoms with Gasteiger partial charge in [-0.1, -0.05) is 6.07 Å². The van der Waals surface area contributed by atoms with Crippen LogP contribution < -0.4 is 19.8 Å². The monoisotopic (exact) mass is 532 g/mol. The van der Waals surface area contributed by atoms with Gasteiger partial charge in [-0.2, -0.15) is 4.98 Å². The molecular weight excluding hydrogens is 500 g/mol. The topological polar surface area (TPSA) is 108 Å². The molecule has 3 aromatic heterocycles. The van der Waals surface area contributed by atoms with Crippen molar-refractivity contribution in [3.63, 3.8) is 0 Å². The van der Waals surface area contributed by atoms with Gasteiger partial charge >= 0.3 is 0 Å². The molecule has 38 heavy (non-hydrogen) atoms. The van der Waals surface area contributed by atoms with Gasteiger partial charge in [0.05, 0.1) is 12.8 Å². The van der Waals surface area contributed by atoms with E-state index in [0.29, 0.717) is 24.4 Å². The largest absolute Gasteiger partial charge is 0.369 e. The summed E-state index contributed by atoms with van der Waals surface area (Å²) in [6.45, 7) is 5.62. The van der Waals surface area contributed by atoms with Gasteiger partial charge in [0, 0.05) is 72.6 Å². The van der Waals surface area contributed by atoms with Gasteiger partial charge < -0.3 is 20.1 Å². The van der Waals surface area contributed by atoms with Crippen molar-refractivity contribution in [2.75, 3.05) is 40.4 Å². The van der Waals surface area contributed by atoms with E-state index < -0.39 is 10.0 Å². The number of anilines is 4. The highest BCUT2D eigenvalue weighted by Crippen LogP contribution is 2.35. The Morgan fingerprint density at radius 2 is 1.95 bits per heavy atom. The predicted molar refractivity (Wildman–Crippen MR) is 151 cm³/mol. The Bertz CT molecular complexity index is 1550. The lowest BCUT2D eigenvalue weighted by atomic mass is 10.2. The smallest absolute Gasteiger partial charge is 0.233 e. The molecule has 2 N–H and O–H groups in total. The third-order valence-corrected chi connectivity index (χ3v) is 8.20. The molecule has 4 heterocycles. The molecule has 2 aliphatic rings. The predicted octanol–water partition coefficient (Wildman–Crippen LogP) is 3.34. The Kier molecular flexibility index (Phi) is 6.40. The number of benzene rings is 1. The summed E-state index contributed by atoms with van der Waals surface area (Å²) in [5.74, 6) is 0.994. The Hall–Kier alpha value is -3.70. The van der Waals surface area contributed by atoms with Crippen LogP contribution in [0.25, 0.3) is 11.0 Å². The molecule has 1 saturated carbocycles. The van der Waals surface area contributed by atoms with E-state index in [1.165, 1.54) is 16.2 Å². The maximum atomic E-state index is 12.6. The molecule has 1 unspecified atom stereocenters. The molecule has 10 nitrogen and oxygen atoms in total. The maximum absolute atomic E-state index is 12.6. The first-order chi connectivity index (χ1) is 18.3. The molecule has 0 amide bonds. The number of hydrogen-bond acceptors (Lipinski definition) is 8. The molecule has 11 heteroatoms. The number of piperazine rings is 1. The molecule has 2 fully saturated rings. The summed E-state index contributed by atoms with van der Waals surface area (Å²) in [4.78, 5) is 16.1. The molecule has 1 aromatic carbocycles. The first-order valence-electron chi connectivity index (χ1n) is 13.0. The summed E-state index contributed by atoms with van der Waals surface area (Å²) < 4.78 is 28.6. The molecular formula is C27H32N8O2S. The lowest BCUT2D eigenvalue weighted by molar-refractivity contribution is 0.485. The molecule has 1 atom stereocenters. The van der Waals surface area contributed by atoms with E-state index in [9.17, 15) is 8.42 Å². The summed E-state index contributed by atoms with van der Waals surface area (Å²) in [6, 6.07) is 14.5. The fourth-order valence-electron chi connectivity index (χ4n) is 5.06. The van der Waals surface area contributed by atoms with Crippen LogP contribution in [0.1, 0.15) is 25.3 Å². The van der Waals surface area contributed by atoms with Crippen LogP contribution in [0.5, 0.6) is 0 Å². The summed E-state index contributed by atoms with van der Waals surface area (Å²) in [5.41, 5.74) is 3.71. The van der Waals surface area contributed by atoms with Gasteiger partial charge in [-0.3, -0.25) is 4.31 Å². The van der Waals surface area contributed by atoms with Crippen molar-refractivity contribution in [2.24, 2.45) is 0 Å². The van der Waals surface area contributed by atoms with E-state index in [2.05, 4.69) is 44.6 Å². The van der Waals surface area contributed by atoms with Crippen molar-refractivity contribution in [3.05, 3.63) is 66.6 Å². The van der Waals surface area contributed by atoms with Crippen LogP contribution in [0.15, 0.2) is 61.1 Å². The van der Waals surface area contributed by atoms with Gasteiger partial charge in [0.25, 0.3) is 0 Å². The quantitative estimate of drug-likeness (QED) is 0.356. The van der Waals surface area contributed by atoms with E-state index in [1.54, 1.807) is 12.4 Å². The van der Waals surface area contributed by atoms with Crippen molar-refractivity contribution < 1.29 is 8.42 Å². The Balaban J connectivity index is 1.23. The van der Waals surface area contributed by atoms with Crippen LogP contribution in [-0.4, -0.2) is 65.9 Å². The SMILES string of the molecule is CC1CN(c2ccc(Nc3ncc4ccn(Cc5cccnc5N(C5CC5)S(C)(=O)=O)c4n3)cc2)CCN1. The Labute approximate surface area is 222 Å². The van der Waals surface area contributed by atoms with E-state index in [-0.39, 0.29) is 6.04 Å². The average molecular weight is 533 g/mol. The number of aromatic nitrogens is 4. The fraction of sp³-hybridized carbons (Fsp3) is 0.370. The second kappa shape index (κ2) is 9.88. The van der Waals surface area contributed by atoms with Crippen molar-refractivity contribution in [1.29, 1.82) is 0 Å². The average Bonchev–Trinajstić information content (AvgIpc) is 3.65. The number of hydrogen-bond donors (Lipinski definition) is 2. The third-order valence-electron chi connectivity index (χ3n) is 7.01. The number of rotatable bonds is 8. The molecule has 1 saturated heterocycles. The highest BCUT2D eigenvalue weighted by Gasteiger charge is 2.37. The number of nitrogens with zero attached hydrogens (tertiary/aromatic N) is 6. The second-order valence-corrected chi connectivity index (χ2v) is 12.0. The van der Waals surface area contributed by atoms with E-state index in [0.717, 1.165) is 54.8 Å². The van der Waals surface area contributed by atoms with Crippen LogP contribution in [-0.2, 0) is 16.6 Å². The van der Waals surface area contributed by atoms with Crippen LogP contribution in [0.4, 0.5) is 23.1 Å². The van der Waals surface area contributed by atoms with Gasteiger partial charge in [0.15, 0.2) is 0 Å². The van der Waals surface area contributed by atoms with Crippen LogP contribution in [0.2, 0.25) is 0 Å². The zero-order valence-corrected chi connectivity index (χ0v) is 22.4. The number of pyridine rings is 1. The first kappa shape index (κ1) is 24.6. The van der Waals surface area contributed by atoms with E-state index >= 15 is 0 Å². The third kappa shape index (κ3) is 5.16. The molecule has 1 aliphatic carbocycles. The lowest BCUT2D eigenvalue weighted by Crippen LogP contribution is -2.49. The van der Waals surface area contributed by atoms with Crippen LogP contribution >= 0.6 is 0 Å². The molecule has 0 spiro atoms. The summed E-state index contributed by atoms with van der Waals surface area (Å²) in [5, 5.41) is 7.71.